The summed E-state index contributed by atoms with van der Waals surface area (Å²) in [5.74, 6) is 0. The van der Waals surface area contributed by atoms with Crippen LogP contribution in [0.2, 0.25) is 0 Å². The molecule has 1 N–H and O–H groups in total. The van der Waals surface area contributed by atoms with Crippen LogP contribution < -0.4 is 5.32 Å². The number of hydrogen-bond acceptors (Lipinski definition) is 2. The van der Waals surface area contributed by atoms with Gasteiger partial charge in [-0.25, -0.2) is 4.98 Å². The van der Waals surface area contributed by atoms with E-state index in [1.807, 2.05) is 19.6 Å². The van der Waals surface area contributed by atoms with Gasteiger partial charge in [0.25, 0.3) is 0 Å². The first-order chi connectivity index (χ1) is 8.36. The predicted molar refractivity (Wildman–Crippen MR) is 75.6 cm³/mol. The molecule has 3 nitrogen and oxygen atoms in total. The van der Waals surface area contributed by atoms with Gasteiger partial charge in [0.15, 0.2) is 0 Å². The van der Waals surface area contributed by atoms with Crippen molar-refractivity contribution in [1.29, 1.82) is 0 Å². The molecule has 0 aromatic carbocycles. The Labute approximate surface area is 111 Å². The summed E-state index contributed by atoms with van der Waals surface area (Å²) in [4.78, 5) is 4.37. The van der Waals surface area contributed by atoms with E-state index in [4.69, 9.17) is 0 Å². The lowest BCUT2D eigenvalue weighted by Gasteiger charge is -2.37. The molecule has 1 aliphatic carbocycles. The van der Waals surface area contributed by atoms with E-state index in [0.717, 1.165) is 0 Å². The number of rotatable bonds is 3. The molecule has 0 unspecified atom stereocenters. The molecule has 0 atom stereocenters. The summed E-state index contributed by atoms with van der Waals surface area (Å²) in [6, 6.07) is 0.628. The Hall–Kier alpha value is -0.830. The molecule has 18 heavy (non-hydrogen) atoms. The van der Waals surface area contributed by atoms with Crippen molar-refractivity contribution < 1.29 is 0 Å². The Morgan fingerprint density at radius 3 is 2.50 bits per heavy atom. The number of imidazole rings is 1. The molecule has 2 rings (SSSR count). The fourth-order valence-corrected chi connectivity index (χ4v) is 2.87. The number of aromatic nitrogens is 2. The zero-order valence-electron chi connectivity index (χ0n) is 12.5. The monoisotopic (exact) mass is 249 g/mol. The minimum atomic E-state index is -0.0105. The molecule has 1 fully saturated rings. The van der Waals surface area contributed by atoms with Crippen LogP contribution in [0.4, 0.5) is 0 Å². The van der Waals surface area contributed by atoms with Crippen molar-refractivity contribution in [2.24, 2.45) is 5.41 Å². The quantitative estimate of drug-likeness (QED) is 0.889. The third-order valence-corrected chi connectivity index (χ3v) is 4.63. The molecule has 0 saturated heterocycles. The maximum absolute atomic E-state index is 4.37. The second kappa shape index (κ2) is 4.69. The van der Waals surface area contributed by atoms with Gasteiger partial charge in [-0.3, -0.25) is 0 Å². The predicted octanol–water partition coefficient (Wildman–Crippen LogP) is 3.48. The molecule has 102 valence electrons. The molecule has 0 aliphatic heterocycles. The van der Waals surface area contributed by atoms with Crippen LogP contribution >= 0.6 is 0 Å². The van der Waals surface area contributed by atoms with Crippen molar-refractivity contribution in [3.63, 3.8) is 0 Å². The molecular weight excluding hydrogens is 222 g/mol. The average molecular weight is 249 g/mol. The molecular formula is C15H27N3. The highest BCUT2D eigenvalue weighted by atomic mass is 15.1. The first kappa shape index (κ1) is 13.6. The van der Waals surface area contributed by atoms with Gasteiger partial charge >= 0.3 is 0 Å². The zero-order chi connectivity index (χ0) is 13.4. The Balaban J connectivity index is 2.18. The van der Waals surface area contributed by atoms with E-state index in [1.165, 1.54) is 31.4 Å². The number of hydrogen-bond donors (Lipinski definition) is 1. The molecule has 1 aromatic heterocycles. The van der Waals surface area contributed by atoms with Gasteiger partial charge in [0, 0.05) is 6.04 Å². The van der Waals surface area contributed by atoms with E-state index >= 15 is 0 Å². The molecule has 0 bridgehead atoms. The largest absolute Gasteiger partial charge is 0.330 e. The van der Waals surface area contributed by atoms with Gasteiger partial charge in [0.2, 0.25) is 0 Å². The molecule has 0 radical (unpaired) electrons. The Kier molecular flexibility index (Phi) is 3.54. The molecule has 1 aromatic rings. The minimum absolute atomic E-state index is 0.0105. The van der Waals surface area contributed by atoms with Crippen LogP contribution in [0, 0.1) is 5.41 Å². The number of nitrogens with one attached hydrogen (secondary N) is 1. The molecule has 1 aliphatic rings. The summed E-state index contributed by atoms with van der Waals surface area (Å²) in [5.41, 5.74) is 1.81. The molecule has 3 heteroatoms. The summed E-state index contributed by atoms with van der Waals surface area (Å²) in [5, 5.41) is 3.38. The Morgan fingerprint density at radius 2 is 1.94 bits per heavy atom. The average Bonchev–Trinajstić information content (AvgIpc) is 2.79. The molecule has 0 amide bonds. The standard InChI is InChI=1S/C15H27N3/c1-14(2)8-6-12(7-9-14)18-11-17-10-13(18)15(3,4)16-5/h10-12,16H,6-9H2,1-5H3. The Bertz CT molecular complexity index is 394. The van der Waals surface area contributed by atoms with E-state index in [-0.39, 0.29) is 5.54 Å². The maximum Gasteiger partial charge on any atom is 0.0951 e. The summed E-state index contributed by atoms with van der Waals surface area (Å²) >= 11 is 0. The fourth-order valence-electron chi connectivity index (χ4n) is 2.87. The van der Waals surface area contributed by atoms with Gasteiger partial charge in [-0.1, -0.05) is 13.8 Å². The highest BCUT2D eigenvalue weighted by Gasteiger charge is 2.31. The fraction of sp³-hybridized carbons (Fsp3) is 0.800. The van der Waals surface area contributed by atoms with Crippen LogP contribution in [0.1, 0.15) is 65.1 Å². The van der Waals surface area contributed by atoms with Crippen LogP contribution in [0.25, 0.3) is 0 Å². The van der Waals surface area contributed by atoms with Crippen LogP contribution in [0.5, 0.6) is 0 Å². The van der Waals surface area contributed by atoms with Crippen molar-refractivity contribution in [3.05, 3.63) is 18.2 Å². The van der Waals surface area contributed by atoms with E-state index in [1.54, 1.807) is 0 Å². The first-order valence-corrected chi connectivity index (χ1v) is 7.07. The second-order valence-electron chi connectivity index (χ2n) is 6.96. The van der Waals surface area contributed by atoms with Gasteiger partial charge in [-0.15, -0.1) is 0 Å². The normalized spacial score (nSPS) is 21.2. The van der Waals surface area contributed by atoms with Crippen molar-refractivity contribution in [3.8, 4) is 0 Å². The zero-order valence-corrected chi connectivity index (χ0v) is 12.5. The van der Waals surface area contributed by atoms with Crippen LogP contribution in [0.3, 0.4) is 0 Å². The lowest BCUT2D eigenvalue weighted by Crippen LogP contribution is -2.36. The smallest absolute Gasteiger partial charge is 0.0951 e. The number of nitrogens with zero attached hydrogens (tertiary/aromatic N) is 2. The Morgan fingerprint density at radius 1 is 1.33 bits per heavy atom. The van der Waals surface area contributed by atoms with Crippen LogP contribution in [-0.2, 0) is 5.54 Å². The summed E-state index contributed by atoms with van der Waals surface area (Å²) in [6.45, 7) is 9.20. The molecule has 1 heterocycles. The van der Waals surface area contributed by atoms with E-state index in [2.05, 4.69) is 42.6 Å². The topological polar surface area (TPSA) is 29.9 Å². The summed E-state index contributed by atoms with van der Waals surface area (Å²) in [7, 11) is 2.02. The van der Waals surface area contributed by atoms with E-state index < -0.39 is 0 Å². The third kappa shape index (κ3) is 2.61. The van der Waals surface area contributed by atoms with Crippen LogP contribution in [0.15, 0.2) is 12.5 Å². The van der Waals surface area contributed by atoms with Gasteiger partial charge in [0.1, 0.15) is 0 Å². The van der Waals surface area contributed by atoms with Crippen molar-refractivity contribution in [2.75, 3.05) is 7.05 Å². The van der Waals surface area contributed by atoms with E-state index in [9.17, 15) is 0 Å². The summed E-state index contributed by atoms with van der Waals surface area (Å²) < 4.78 is 2.39. The highest BCUT2D eigenvalue weighted by Crippen LogP contribution is 2.41. The van der Waals surface area contributed by atoms with Crippen molar-refractivity contribution in [1.82, 2.24) is 14.9 Å². The lowest BCUT2D eigenvalue weighted by atomic mass is 9.75. The van der Waals surface area contributed by atoms with Crippen molar-refractivity contribution >= 4 is 0 Å². The summed E-state index contributed by atoms with van der Waals surface area (Å²) in [6.07, 6.45) is 9.20. The van der Waals surface area contributed by atoms with Gasteiger partial charge < -0.3 is 9.88 Å². The van der Waals surface area contributed by atoms with Gasteiger partial charge in [-0.05, 0) is 52.0 Å². The van der Waals surface area contributed by atoms with Gasteiger partial charge in [-0.2, -0.15) is 0 Å². The third-order valence-electron chi connectivity index (χ3n) is 4.63. The highest BCUT2D eigenvalue weighted by molar-refractivity contribution is 5.12. The minimum Gasteiger partial charge on any atom is -0.330 e. The van der Waals surface area contributed by atoms with E-state index in [0.29, 0.717) is 11.5 Å². The van der Waals surface area contributed by atoms with Gasteiger partial charge in [0.05, 0.1) is 23.8 Å². The first-order valence-electron chi connectivity index (χ1n) is 7.07. The SMILES string of the molecule is CNC(C)(C)c1cncn1C1CCC(C)(C)CC1. The second-order valence-corrected chi connectivity index (χ2v) is 6.96. The van der Waals surface area contributed by atoms with Crippen LogP contribution in [-0.4, -0.2) is 16.6 Å². The molecule has 1 saturated carbocycles. The lowest BCUT2D eigenvalue weighted by molar-refractivity contribution is 0.188. The van der Waals surface area contributed by atoms with Crippen molar-refractivity contribution in [2.45, 2.75) is 65.0 Å². The maximum atomic E-state index is 4.37. The molecule has 0 spiro atoms.